The summed E-state index contributed by atoms with van der Waals surface area (Å²) in [7, 11) is 0. The van der Waals surface area contributed by atoms with Crippen molar-refractivity contribution in [3.8, 4) is 0 Å². The van der Waals surface area contributed by atoms with Crippen LogP contribution in [0.3, 0.4) is 0 Å². The first kappa shape index (κ1) is 11.9. The van der Waals surface area contributed by atoms with E-state index in [4.69, 9.17) is 11.6 Å². The number of likely N-dealkylation sites (tertiary alicyclic amines) is 1. The Morgan fingerprint density at radius 2 is 2.06 bits per heavy atom. The molecule has 2 nitrogen and oxygen atoms in total. The molecular weight excluding hydrogens is 222 g/mol. The van der Waals surface area contributed by atoms with Crippen molar-refractivity contribution < 1.29 is 5.11 Å². The van der Waals surface area contributed by atoms with Gasteiger partial charge in [0.1, 0.15) is 0 Å². The van der Waals surface area contributed by atoms with Crippen LogP contribution in [0, 0.1) is 0 Å². The minimum atomic E-state index is 0.191. The van der Waals surface area contributed by atoms with Gasteiger partial charge in [-0.15, -0.1) is 0 Å². The second kappa shape index (κ2) is 5.67. The van der Waals surface area contributed by atoms with E-state index in [1.54, 1.807) is 0 Å². The van der Waals surface area contributed by atoms with Gasteiger partial charge in [0.15, 0.2) is 0 Å². The maximum absolute atomic E-state index is 9.46. The average Bonchev–Trinajstić information content (AvgIpc) is 2.78. The van der Waals surface area contributed by atoms with E-state index in [1.807, 2.05) is 24.3 Å². The third-order valence-electron chi connectivity index (χ3n) is 3.22. The van der Waals surface area contributed by atoms with Crippen molar-refractivity contribution in [3.63, 3.8) is 0 Å². The summed E-state index contributed by atoms with van der Waals surface area (Å²) >= 11 is 5.97. The molecule has 2 rings (SSSR count). The molecule has 1 aliphatic rings. The van der Waals surface area contributed by atoms with E-state index >= 15 is 0 Å². The van der Waals surface area contributed by atoms with Crippen LogP contribution < -0.4 is 0 Å². The number of rotatable bonds is 4. The van der Waals surface area contributed by atoms with E-state index in [2.05, 4.69) is 4.90 Å². The quantitative estimate of drug-likeness (QED) is 0.873. The molecule has 16 heavy (non-hydrogen) atoms. The van der Waals surface area contributed by atoms with Crippen LogP contribution in [-0.4, -0.2) is 36.2 Å². The van der Waals surface area contributed by atoms with E-state index < -0.39 is 0 Å². The third-order valence-corrected chi connectivity index (χ3v) is 3.45. The summed E-state index contributed by atoms with van der Waals surface area (Å²) in [5.41, 5.74) is 1.14. The fourth-order valence-electron chi connectivity index (χ4n) is 2.31. The Morgan fingerprint density at radius 1 is 1.31 bits per heavy atom. The Balaban J connectivity index is 2.03. The van der Waals surface area contributed by atoms with Crippen LogP contribution in [0.2, 0.25) is 5.02 Å². The van der Waals surface area contributed by atoms with Gasteiger partial charge < -0.3 is 10.0 Å². The molecule has 0 aromatic heterocycles. The lowest BCUT2D eigenvalue weighted by Gasteiger charge is -2.22. The molecule has 1 unspecified atom stereocenters. The van der Waals surface area contributed by atoms with Gasteiger partial charge in [0.05, 0.1) is 6.61 Å². The summed E-state index contributed by atoms with van der Waals surface area (Å²) < 4.78 is 0. The van der Waals surface area contributed by atoms with E-state index in [9.17, 15) is 5.11 Å². The average molecular weight is 240 g/mol. The fourth-order valence-corrected chi connectivity index (χ4v) is 2.50. The number of halogens is 1. The summed E-state index contributed by atoms with van der Waals surface area (Å²) in [6.07, 6.45) is 2.57. The predicted molar refractivity (Wildman–Crippen MR) is 67.0 cm³/mol. The van der Waals surface area contributed by atoms with Gasteiger partial charge in [-0.1, -0.05) is 23.7 Å². The van der Waals surface area contributed by atoms with Crippen LogP contribution in [-0.2, 0) is 0 Å². The molecule has 0 radical (unpaired) electrons. The summed E-state index contributed by atoms with van der Waals surface area (Å²) in [6.45, 7) is 3.46. The molecule has 1 fully saturated rings. The van der Waals surface area contributed by atoms with Gasteiger partial charge >= 0.3 is 0 Å². The molecule has 1 N–H and O–H groups in total. The highest BCUT2D eigenvalue weighted by Crippen LogP contribution is 2.22. The summed E-state index contributed by atoms with van der Waals surface area (Å²) in [4.78, 5) is 2.42. The van der Waals surface area contributed by atoms with Crippen molar-refractivity contribution in [3.05, 3.63) is 34.9 Å². The molecule has 1 aromatic rings. The lowest BCUT2D eigenvalue weighted by Crippen LogP contribution is -2.27. The van der Waals surface area contributed by atoms with Gasteiger partial charge in [-0.25, -0.2) is 0 Å². The highest BCUT2D eigenvalue weighted by Gasteiger charge is 2.18. The molecule has 1 aliphatic heterocycles. The molecular formula is C13H18ClNO. The predicted octanol–water partition coefficient (Wildman–Crippen LogP) is 2.51. The maximum atomic E-state index is 9.46. The van der Waals surface area contributed by atoms with Crippen molar-refractivity contribution in [2.24, 2.45) is 0 Å². The third kappa shape index (κ3) is 2.97. The van der Waals surface area contributed by atoms with E-state index in [1.165, 1.54) is 12.8 Å². The number of hydrogen-bond acceptors (Lipinski definition) is 2. The summed E-state index contributed by atoms with van der Waals surface area (Å²) in [5.74, 6) is 0.191. The van der Waals surface area contributed by atoms with Crippen LogP contribution in [0.5, 0.6) is 0 Å². The summed E-state index contributed by atoms with van der Waals surface area (Å²) in [6, 6.07) is 7.82. The molecule has 1 aromatic carbocycles. The second-order valence-corrected chi connectivity index (χ2v) is 4.88. The lowest BCUT2D eigenvalue weighted by atomic mass is 9.99. The monoisotopic (exact) mass is 239 g/mol. The van der Waals surface area contributed by atoms with Gasteiger partial charge in [-0.3, -0.25) is 0 Å². The van der Waals surface area contributed by atoms with E-state index in [0.717, 1.165) is 30.2 Å². The molecule has 1 saturated heterocycles. The first-order valence-corrected chi connectivity index (χ1v) is 6.26. The van der Waals surface area contributed by atoms with Gasteiger partial charge in [0, 0.05) is 17.5 Å². The normalized spacial score (nSPS) is 18.9. The van der Waals surface area contributed by atoms with Crippen molar-refractivity contribution in [1.29, 1.82) is 0 Å². The van der Waals surface area contributed by atoms with Gasteiger partial charge in [0.2, 0.25) is 0 Å². The molecule has 0 amide bonds. The van der Waals surface area contributed by atoms with E-state index in [0.29, 0.717) is 0 Å². The van der Waals surface area contributed by atoms with Crippen LogP contribution in [0.25, 0.3) is 0 Å². The van der Waals surface area contributed by atoms with E-state index in [-0.39, 0.29) is 12.5 Å². The SMILES string of the molecule is OCC(CN1CCCC1)c1cccc(Cl)c1. The molecule has 0 spiro atoms. The highest BCUT2D eigenvalue weighted by molar-refractivity contribution is 6.30. The van der Waals surface area contributed by atoms with Crippen molar-refractivity contribution in [2.45, 2.75) is 18.8 Å². The van der Waals surface area contributed by atoms with Crippen molar-refractivity contribution in [1.82, 2.24) is 4.90 Å². The first-order valence-electron chi connectivity index (χ1n) is 5.88. The smallest absolute Gasteiger partial charge is 0.0512 e. The van der Waals surface area contributed by atoms with Crippen LogP contribution >= 0.6 is 11.6 Å². The minimum Gasteiger partial charge on any atom is -0.396 e. The van der Waals surface area contributed by atoms with Gasteiger partial charge in [0.25, 0.3) is 0 Å². The lowest BCUT2D eigenvalue weighted by molar-refractivity contribution is 0.220. The first-order chi connectivity index (χ1) is 7.79. The molecule has 88 valence electrons. The Bertz CT molecular complexity index is 336. The standard InChI is InChI=1S/C13H18ClNO/c14-13-5-3-4-11(8-13)12(10-16)9-15-6-1-2-7-15/h3-5,8,12,16H,1-2,6-7,9-10H2. The molecule has 3 heteroatoms. The number of hydrogen-bond donors (Lipinski definition) is 1. The largest absolute Gasteiger partial charge is 0.396 e. The molecule has 1 heterocycles. The summed E-state index contributed by atoms with van der Waals surface area (Å²) in [5, 5.41) is 10.2. The number of aliphatic hydroxyl groups is 1. The van der Waals surface area contributed by atoms with Crippen LogP contribution in [0.1, 0.15) is 24.3 Å². The number of nitrogens with zero attached hydrogens (tertiary/aromatic N) is 1. The zero-order chi connectivity index (χ0) is 11.4. The Hall–Kier alpha value is -0.570. The maximum Gasteiger partial charge on any atom is 0.0512 e. The molecule has 0 saturated carbocycles. The molecule has 0 aliphatic carbocycles. The topological polar surface area (TPSA) is 23.5 Å². The Kier molecular flexibility index (Phi) is 4.22. The Labute approximate surface area is 102 Å². The van der Waals surface area contributed by atoms with Crippen LogP contribution in [0.4, 0.5) is 0 Å². The number of aliphatic hydroxyl groups excluding tert-OH is 1. The highest BCUT2D eigenvalue weighted by atomic mass is 35.5. The van der Waals surface area contributed by atoms with Crippen LogP contribution in [0.15, 0.2) is 24.3 Å². The zero-order valence-electron chi connectivity index (χ0n) is 9.40. The fraction of sp³-hybridized carbons (Fsp3) is 0.538. The van der Waals surface area contributed by atoms with Crippen molar-refractivity contribution in [2.75, 3.05) is 26.2 Å². The van der Waals surface area contributed by atoms with Gasteiger partial charge in [-0.05, 0) is 43.6 Å². The zero-order valence-corrected chi connectivity index (χ0v) is 10.2. The van der Waals surface area contributed by atoms with Gasteiger partial charge in [-0.2, -0.15) is 0 Å². The van der Waals surface area contributed by atoms with Crippen molar-refractivity contribution >= 4 is 11.6 Å². The molecule has 1 atom stereocenters. The Morgan fingerprint density at radius 3 is 2.69 bits per heavy atom. The second-order valence-electron chi connectivity index (χ2n) is 4.44. The minimum absolute atomic E-state index is 0.191. The molecule has 0 bridgehead atoms. The number of benzene rings is 1.